The lowest BCUT2D eigenvalue weighted by Gasteiger charge is -2.54. The summed E-state index contributed by atoms with van der Waals surface area (Å²) in [7, 11) is 0. The van der Waals surface area contributed by atoms with Crippen LogP contribution in [-0.4, -0.2) is 62.2 Å². The van der Waals surface area contributed by atoms with Gasteiger partial charge in [-0.05, 0) is 11.1 Å². The maximum atomic E-state index is 13.7. The van der Waals surface area contributed by atoms with Crippen LogP contribution < -0.4 is 5.73 Å². The number of nitrogens with zero attached hydrogens (tertiary/aromatic N) is 4. The second kappa shape index (κ2) is 7.93. The van der Waals surface area contributed by atoms with Gasteiger partial charge in [-0.3, -0.25) is 4.79 Å². The first-order valence-corrected chi connectivity index (χ1v) is 11.8. The number of nitrogens with two attached hydrogens (primary N) is 1. The lowest BCUT2D eigenvalue weighted by Crippen LogP contribution is -2.67. The van der Waals surface area contributed by atoms with E-state index in [1.54, 1.807) is 12.1 Å². The Morgan fingerprint density at radius 1 is 1.00 bits per heavy atom. The van der Waals surface area contributed by atoms with Crippen molar-refractivity contribution < 1.29 is 23.9 Å². The Morgan fingerprint density at radius 2 is 1.57 bits per heavy atom. The smallest absolute Gasteiger partial charge is 0.348 e. The van der Waals surface area contributed by atoms with Crippen molar-refractivity contribution in [3.05, 3.63) is 78.1 Å². The fourth-order valence-electron chi connectivity index (χ4n) is 6.35. The minimum Gasteiger partial charge on any atom is -0.453 e. The molecule has 9 nitrogen and oxygen atoms in total. The van der Waals surface area contributed by atoms with Gasteiger partial charge >= 0.3 is 5.97 Å². The van der Waals surface area contributed by atoms with E-state index in [1.165, 1.54) is 12.7 Å². The van der Waals surface area contributed by atoms with Crippen molar-refractivity contribution in [3.63, 3.8) is 0 Å². The van der Waals surface area contributed by atoms with E-state index in [0.717, 1.165) is 24.0 Å². The van der Waals surface area contributed by atoms with Crippen molar-refractivity contribution in [2.24, 2.45) is 11.7 Å². The normalized spacial score (nSPS) is 26.4. The topological polar surface area (TPSA) is 128 Å². The van der Waals surface area contributed by atoms with Crippen LogP contribution in [0, 0.1) is 5.92 Å². The molecule has 1 aromatic heterocycles. The Bertz CT molecular complexity index is 1260. The number of benzene rings is 2. The van der Waals surface area contributed by atoms with Crippen molar-refractivity contribution in [2.75, 3.05) is 19.6 Å². The van der Waals surface area contributed by atoms with Crippen molar-refractivity contribution in [2.45, 2.75) is 30.6 Å². The molecule has 3 N–H and O–H groups in total. The molecule has 1 aliphatic carbocycles. The molecule has 3 aliphatic heterocycles. The number of carbonyl (C=O) groups is 2. The highest BCUT2D eigenvalue weighted by Gasteiger charge is 2.56. The summed E-state index contributed by atoms with van der Waals surface area (Å²) in [6.07, 6.45) is 3.80. The Balaban J connectivity index is 1.33. The number of aliphatic hydroxyl groups is 1. The average molecular weight is 473 g/mol. The molecule has 3 saturated heterocycles. The van der Waals surface area contributed by atoms with E-state index < -0.39 is 29.6 Å². The summed E-state index contributed by atoms with van der Waals surface area (Å²) < 4.78 is 6.44. The number of hydrogen-bond donors (Lipinski definition) is 2. The molecule has 4 aliphatic rings. The fraction of sp³-hybridized carbons (Fsp3) is 0.346. The van der Waals surface area contributed by atoms with E-state index in [0.29, 0.717) is 41.1 Å². The Hall–Kier alpha value is -3.69. The van der Waals surface area contributed by atoms with E-state index in [1.807, 2.05) is 36.4 Å². The molecule has 9 heteroatoms. The van der Waals surface area contributed by atoms with Crippen molar-refractivity contribution in [3.8, 4) is 11.1 Å². The molecule has 1 unspecified atom stereocenters. The first kappa shape index (κ1) is 21.8. The summed E-state index contributed by atoms with van der Waals surface area (Å²) in [5.41, 5.74) is 6.66. The van der Waals surface area contributed by atoms with Gasteiger partial charge in [0, 0.05) is 29.9 Å². The molecular formula is C26H26N5O4+. The molecular weight excluding hydrogens is 446 g/mol. The molecule has 0 radical (unpaired) electrons. The summed E-state index contributed by atoms with van der Waals surface area (Å²) >= 11 is 0. The predicted octanol–water partition coefficient (Wildman–Crippen LogP) is 1.47. The number of amides is 1. The Labute approximate surface area is 202 Å². The van der Waals surface area contributed by atoms with E-state index in [-0.39, 0.29) is 5.92 Å². The van der Waals surface area contributed by atoms with Crippen LogP contribution >= 0.6 is 0 Å². The van der Waals surface area contributed by atoms with Crippen LogP contribution in [0.5, 0.6) is 0 Å². The number of piperidine rings is 3. The highest BCUT2D eigenvalue weighted by Crippen LogP contribution is 2.49. The minimum absolute atomic E-state index is 0.154. The van der Waals surface area contributed by atoms with E-state index in [9.17, 15) is 14.7 Å². The van der Waals surface area contributed by atoms with Gasteiger partial charge in [-0.25, -0.2) is 19.7 Å². The van der Waals surface area contributed by atoms with Gasteiger partial charge in [-0.2, -0.15) is 0 Å². The van der Waals surface area contributed by atoms with Crippen LogP contribution in [0.2, 0.25) is 0 Å². The zero-order chi connectivity index (χ0) is 24.2. The third-order valence-electron chi connectivity index (χ3n) is 8.01. The number of quaternary nitrogens is 1. The van der Waals surface area contributed by atoms with E-state index in [4.69, 9.17) is 10.5 Å². The third-order valence-corrected chi connectivity index (χ3v) is 8.01. The second-order valence-electron chi connectivity index (χ2n) is 9.73. The van der Waals surface area contributed by atoms with Crippen LogP contribution in [0.15, 0.2) is 61.2 Å². The SMILES string of the molecule is NC(=O)C(c1ncncn1)[N+]12CCC(CC1)[C@@H](OC(=O)C1(O)c3ccccc3-c3ccccc31)C2. The number of fused-ring (bicyclic) bond motifs is 6. The zero-order valence-corrected chi connectivity index (χ0v) is 19.1. The first-order valence-electron chi connectivity index (χ1n) is 11.8. The van der Waals surface area contributed by atoms with Crippen molar-refractivity contribution >= 4 is 11.9 Å². The van der Waals surface area contributed by atoms with Gasteiger partial charge in [0.2, 0.25) is 11.6 Å². The number of aromatic nitrogens is 3. The average Bonchev–Trinajstić information content (AvgIpc) is 3.15. The number of rotatable bonds is 5. The molecule has 3 fully saturated rings. The maximum absolute atomic E-state index is 13.7. The second-order valence-corrected chi connectivity index (χ2v) is 9.73. The number of carbonyl (C=O) groups excluding carboxylic acids is 2. The quantitative estimate of drug-likeness (QED) is 0.425. The number of esters is 1. The van der Waals surface area contributed by atoms with Crippen molar-refractivity contribution in [1.29, 1.82) is 0 Å². The molecule has 178 valence electrons. The number of primary amides is 1. The standard InChI is InChI=1S/C26H25N5O4/c27-23(32)22(24-29-14-28-15-30-24)31-11-9-16(10-12-31)21(13-31)35-25(33)26(34)19-7-3-1-5-17(19)18-6-2-4-8-20(18)26/h1-8,14-16,21-22,34H,9-13H2,(H-,27,32)/p+1/t16?,21-,22?,31?/m0/s1. The summed E-state index contributed by atoms with van der Waals surface area (Å²) in [6.45, 7) is 1.84. The van der Waals surface area contributed by atoms with E-state index >= 15 is 0 Å². The van der Waals surface area contributed by atoms with Gasteiger partial charge < -0.3 is 20.1 Å². The van der Waals surface area contributed by atoms with Crippen LogP contribution in [0.25, 0.3) is 11.1 Å². The Kier molecular flexibility index (Phi) is 4.94. The lowest BCUT2D eigenvalue weighted by atomic mass is 9.81. The summed E-state index contributed by atoms with van der Waals surface area (Å²) in [5, 5.41) is 11.8. The first-order chi connectivity index (χ1) is 16.9. The molecule has 2 atom stereocenters. The van der Waals surface area contributed by atoms with Crippen LogP contribution in [0.3, 0.4) is 0 Å². The highest BCUT2D eigenvalue weighted by molar-refractivity contribution is 5.96. The van der Waals surface area contributed by atoms with Gasteiger partial charge in [0.25, 0.3) is 5.91 Å². The van der Waals surface area contributed by atoms with Crippen molar-refractivity contribution in [1.82, 2.24) is 15.0 Å². The lowest BCUT2D eigenvalue weighted by molar-refractivity contribution is -0.965. The molecule has 2 bridgehead atoms. The third kappa shape index (κ3) is 3.19. The van der Waals surface area contributed by atoms with Gasteiger partial charge in [-0.1, -0.05) is 48.5 Å². The molecule has 3 aromatic rings. The molecule has 35 heavy (non-hydrogen) atoms. The molecule has 0 saturated carbocycles. The zero-order valence-electron chi connectivity index (χ0n) is 19.1. The molecule has 1 amide bonds. The summed E-state index contributed by atoms with van der Waals surface area (Å²) in [6, 6.07) is 14.0. The minimum atomic E-state index is -1.89. The monoisotopic (exact) mass is 472 g/mol. The van der Waals surface area contributed by atoms with Crippen LogP contribution in [-0.2, 0) is 19.9 Å². The number of hydrogen-bond acceptors (Lipinski definition) is 7. The van der Waals surface area contributed by atoms with Gasteiger partial charge in [0.05, 0.1) is 13.1 Å². The number of ether oxygens (including phenoxy) is 1. The van der Waals surface area contributed by atoms with E-state index in [2.05, 4.69) is 15.0 Å². The fourth-order valence-corrected chi connectivity index (χ4v) is 6.35. The summed E-state index contributed by atoms with van der Waals surface area (Å²) in [5.74, 6) is -0.724. The largest absolute Gasteiger partial charge is 0.453 e. The molecule has 4 heterocycles. The van der Waals surface area contributed by atoms with Gasteiger partial charge in [-0.15, -0.1) is 0 Å². The summed E-state index contributed by atoms with van der Waals surface area (Å²) in [4.78, 5) is 38.6. The molecule has 0 spiro atoms. The highest BCUT2D eigenvalue weighted by atomic mass is 16.6. The van der Waals surface area contributed by atoms with Gasteiger partial charge in [0.15, 0.2) is 11.9 Å². The predicted molar refractivity (Wildman–Crippen MR) is 124 cm³/mol. The van der Waals surface area contributed by atoms with Crippen LogP contribution in [0.4, 0.5) is 0 Å². The molecule has 2 aromatic carbocycles. The molecule has 7 rings (SSSR count). The van der Waals surface area contributed by atoms with Gasteiger partial charge in [0.1, 0.15) is 19.2 Å². The van der Waals surface area contributed by atoms with Crippen LogP contribution in [0.1, 0.15) is 35.8 Å². The maximum Gasteiger partial charge on any atom is 0.348 e. The Morgan fingerprint density at radius 3 is 2.14 bits per heavy atom.